The monoisotopic (exact) mass is 340 g/mol. The summed E-state index contributed by atoms with van der Waals surface area (Å²) in [7, 11) is 1.66. The molecule has 0 fully saturated rings. The Balaban J connectivity index is 1.31. The maximum Gasteiger partial charge on any atom is 0.317 e. The predicted molar refractivity (Wildman–Crippen MR) is 94.8 cm³/mol. The van der Waals surface area contributed by atoms with Crippen molar-refractivity contribution >= 4 is 6.03 Å². The first-order chi connectivity index (χ1) is 12.2. The average Bonchev–Trinajstić information content (AvgIpc) is 3.23. The summed E-state index contributed by atoms with van der Waals surface area (Å²) in [6.45, 7) is 2.84. The van der Waals surface area contributed by atoms with Crippen molar-refractivity contribution in [2.75, 3.05) is 20.2 Å². The van der Waals surface area contributed by atoms with Crippen LogP contribution in [-0.4, -0.2) is 40.9 Å². The Morgan fingerprint density at radius 3 is 2.88 bits per heavy atom. The lowest BCUT2D eigenvalue weighted by Crippen LogP contribution is -2.45. The van der Waals surface area contributed by atoms with E-state index < -0.39 is 0 Å². The van der Waals surface area contributed by atoms with Crippen LogP contribution in [0.25, 0.3) is 0 Å². The van der Waals surface area contributed by atoms with Crippen molar-refractivity contribution in [1.29, 1.82) is 0 Å². The molecule has 0 saturated carbocycles. The zero-order chi connectivity index (χ0) is 17.2. The maximum atomic E-state index is 12.5. The van der Waals surface area contributed by atoms with Gasteiger partial charge in [-0.15, -0.1) is 0 Å². The molecular formula is C19H24N4O2. The zero-order valence-electron chi connectivity index (χ0n) is 14.6. The number of carbonyl (C=O) groups is 1. The molecule has 4 rings (SSSR count). The molecule has 1 N–H and O–H groups in total. The average molecular weight is 340 g/mol. The van der Waals surface area contributed by atoms with Gasteiger partial charge in [0.1, 0.15) is 5.75 Å². The molecule has 2 aliphatic rings. The zero-order valence-corrected chi connectivity index (χ0v) is 14.6. The van der Waals surface area contributed by atoms with Crippen molar-refractivity contribution in [3.8, 4) is 5.75 Å². The highest BCUT2D eigenvalue weighted by atomic mass is 16.5. The van der Waals surface area contributed by atoms with Crippen LogP contribution in [0, 0.1) is 0 Å². The first-order valence-corrected chi connectivity index (χ1v) is 8.98. The fraction of sp³-hybridized carbons (Fsp3) is 0.474. The Labute approximate surface area is 147 Å². The van der Waals surface area contributed by atoms with Gasteiger partial charge in [-0.2, -0.15) is 5.10 Å². The number of hydrogen-bond acceptors (Lipinski definition) is 3. The maximum absolute atomic E-state index is 12.5. The first-order valence-electron chi connectivity index (χ1n) is 8.98. The Bertz CT molecular complexity index is 766. The fourth-order valence-corrected chi connectivity index (χ4v) is 3.74. The number of benzene rings is 1. The van der Waals surface area contributed by atoms with Crippen molar-refractivity contribution in [2.45, 2.75) is 38.8 Å². The smallest absolute Gasteiger partial charge is 0.317 e. The van der Waals surface area contributed by atoms with Gasteiger partial charge in [0.05, 0.1) is 31.6 Å². The molecular weight excluding hydrogens is 316 g/mol. The molecule has 0 bridgehead atoms. The van der Waals surface area contributed by atoms with Gasteiger partial charge in [0.25, 0.3) is 0 Å². The molecule has 0 spiro atoms. The second kappa shape index (κ2) is 6.78. The van der Waals surface area contributed by atoms with Gasteiger partial charge in [0.15, 0.2) is 0 Å². The highest BCUT2D eigenvalue weighted by Gasteiger charge is 2.28. The lowest BCUT2D eigenvalue weighted by Gasteiger charge is -2.28. The number of aryl methyl sites for hydroxylation is 1. The number of urea groups is 1. The van der Waals surface area contributed by atoms with Crippen LogP contribution >= 0.6 is 0 Å². The molecule has 2 amide bonds. The number of aromatic nitrogens is 2. The van der Waals surface area contributed by atoms with E-state index in [1.165, 1.54) is 28.9 Å². The quantitative estimate of drug-likeness (QED) is 0.928. The SMILES string of the molecule is COc1ccc(CCNC(=O)N2CCn3nc4c(c3C2)CCC4)cc1. The van der Waals surface area contributed by atoms with Crippen molar-refractivity contribution < 1.29 is 9.53 Å². The van der Waals surface area contributed by atoms with E-state index in [-0.39, 0.29) is 6.03 Å². The molecule has 0 atom stereocenters. The van der Waals surface area contributed by atoms with E-state index in [1.54, 1.807) is 7.11 Å². The summed E-state index contributed by atoms with van der Waals surface area (Å²) in [5.41, 5.74) is 5.06. The minimum absolute atomic E-state index is 0.0210. The number of nitrogens with zero attached hydrogens (tertiary/aromatic N) is 3. The van der Waals surface area contributed by atoms with Crippen molar-refractivity contribution in [3.05, 3.63) is 46.8 Å². The predicted octanol–water partition coefficient (Wildman–Crippen LogP) is 2.15. The summed E-state index contributed by atoms with van der Waals surface area (Å²) in [6, 6.07) is 7.99. The summed E-state index contributed by atoms with van der Waals surface area (Å²) >= 11 is 0. The normalized spacial score (nSPS) is 15.6. The molecule has 2 heterocycles. The highest BCUT2D eigenvalue weighted by molar-refractivity contribution is 5.74. The highest BCUT2D eigenvalue weighted by Crippen LogP contribution is 2.27. The van der Waals surface area contributed by atoms with Crippen LogP contribution in [0.5, 0.6) is 5.75 Å². The van der Waals surface area contributed by atoms with Gasteiger partial charge in [-0.3, -0.25) is 4.68 Å². The molecule has 132 valence electrons. The Kier molecular flexibility index (Phi) is 4.34. The lowest BCUT2D eigenvalue weighted by molar-refractivity contribution is 0.181. The van der Waals surface area contributed by atoms with Crippen LogP contribution in [0.2, 0.25) is 0 Å². The summed E-state index contributed by atoms with van der Waals surface area (Å²) in [6.07, 6.45) is 4.21. The minimum atomic E-state index is 0.0210. The fourth-order valence-electron chi connectivity index (χ4n) is 3.74. The summed E-state index contributed by atoms with van der Waals surface area (Å²) in [5, 5.41) is 7.74. The van der Waals surface area contributed by atoms with Gasteiger partial charge >= 0.3 is 6.03 Å². The molecule has 0 radical (unpaired) electrons. The Hall–Kier alpha value is -2.50. The molecule has 1 aromatic heterocycles. The number of fused-ring (bicyclic) bond motifs is 3. The van der Waals surface area contributed by atoms with Crippen LogP contribution in [0.1, 0.15) is 28.9 Å². The largest absolute Gasteiger partial charge is 0.497 e. The third-order valence-corrected chi connectivity index (χ3v) is 5.15. The van der Waals surface area contributed by atoms with E-state index in [9.17, 15) is 4.79 Å². The number of rotatable bonds is 4. The minimum Gasteiger partial charge on any atom is -0.497 e. The second-order valence-electron chi connectivity index (χ2n) is 6.70. The molecule has 2 aromatic rings. The molecule has 1 aromatic carbocycles. The molecule has 6 heteroatoms. The lowest BCUT2D eigenvalue weighted by atomic mass is 10.1. The summed E-state index contributed by atoms with van der Waals surface area (Å²) in [4.78, 5) is 14.4. The van der Waals surface area contributed by atoms with E-state index in [0.29, 0.717) is 13.1 Å². The Morgan fingerprint density at radius 2 is 2.08 bits per heavy atom. The molecule has 0 saturated heterocycles. The van der Waals surface area contributed by atoms with E-state index in [1.807, 2.05) is 29.2 Å². The third kappa shape index (κ3) is 3.21. The van der Waals surface area contributed by atoms with Crippen molar-refractivity contribution in [1.82, 2.24) is 20.0 Å². The second-order valence-corrected chi connectivity index (χ2v) is 6.70. The molecule has 25 heavy (non-hydrogen) atoms. The number of methoxy groups -OCH3 is 1. The third-order valence-electron chi connectivity index (χ3n) is 5.15. The van der Waals surface area contributed by atoms with Gasteiger partial charge < -0.3 is 15.0 Å². The number of amides is 2. The summed E-state index contributed by atoms with van der Waals surface area (Å²) < 4.78 is 7.26. The molecule has 0 unspecified atom stereocenters. The molecule has 6 nitrogen and oxygen atoms in total. The van der Waals surface area contributed by atoms with Gasteiger partial charge in [-0.05, 0) is 48.9 Å². The van der Waals surface area contributed by atoms with Crippen molar-refractivity contribution in [3.63, 3.8) is 0 Å². The van der Waals surface area contributed by atoms with Gasteiger partial charge in [-0.25, -0.2) is 4.79 Å². The van der Waals surface area contributed by atoms with Crippen LogP contribution in [0.4, 0.5) is 4.79 Å². The van der Waals surface area contributed by atoms with Gasteiger partial charge in [0.2, 0.25) is 0 Å². The van der Waals surface area contributed by atoms with Crippen molar-refractivity contribution in [2.24, 2.45) is 0 Å². The van der Waals surface area contributed by atoms with E-state index in [4.69, 9.17) is 4.74 Å². The summed E-state index contributed by atoms with van der Waals surface area (Å²) in [5.74, 6) is 0.852. The standard InChI is InChI=1S/C19H24N4O2/c1-25-15-7-5-14(6-8-15)9-10-20-19(24)22-11-12-23-18(13-22)16-3-2-4-17(16)21-23/h5-8H,2-4,9-13H2,1H3,(H,20,24). The van der Waals surface area contributed by atoms with E-state index >= 15 is 0 Å². The van der Waals surface area contributed by atoms with Crippen LogP contribution in [-0.2, 0) is 32.4 Å². The Morgan fingerprint density at radius 1 is 1.24 bits per heavy atom. The van der Waals surface area contributed by atoms with Crippen LogP contribution in [0.15, 0.2) is 24.3 Å². The van der Waals surface area contributed by atoms with E-state index in [2.05, 4.69) is 15.1 Å². The van der Waals surface area contributed by atoms with Crippen LogP contribution < -0.4 is 10.1 Å². The molecule has 1 aliphatic heterocycles. The number of hydrogen-bond donors (Lipinski definition) is 1. The topological polar surface area (TPSA) is 59.4 Å². The van der Waals surface area contributed by atoms with E-state index in [0.717, 1.165) is 38.1 Å². The van der Waals surface area contributed by atoms with Gasteiger partial charge in [0, 0.05) is 13.1 Å². The first kappa shape index (κ1) is 16.0. The number of ether oxygens (including phenoxy) is 1. The molecule has 1 aliphatic carbocycles. The number of nitrogens with one attached hydrogen (secondary N) is 1. The number of carbonyl (C=O) groups excluding carboxylic acids is 1. The van der Waals surface area contributed by atoms with Gasteiger partial charge in [-0.1, -0.05) is 12.1 Å². The van der Waals surface area contributed by atoms with Crippen LogP contribution in [0.3, 0.4) is 0 Å².